The molecule has 6 heteroatoms. The van der Waals surface area contributed by atoms with Gasteiger partial charge in [-0.05, 0) is 38.9 Å². The summed E-state index contributed by atoms with van der Waals surface area (Å²) >= 11 is 0. The molecule has 20 heavy (non-hydrogen) atoms. The molecule has 1 aliphatic rings. The van der Waals surface area contributed by atoms with E-state index in [-0.39, 0.29) is 17.0 Å². The average molecular weight is 278 g/mol. The zero-order chi connectivity index (χ0) is 14.5. The minimum absolute atomic E-state index is 0.0953. The van der Waals surface area contributed by atoms with Crippen LogP contribution in [0.15, 0.2) is 18.2 Å². The van der Waals surface area contributed by atoms with E-state index in [1.54, 1.807) is 0 Å². The third-order valence-electron chi connectivity index (χ3n) is 3.42. The maximum atomic E-state index is 11.5. The van der Waals surface area contributed by atoms with Crippen molar-refractivity contribution in [3.63, 3.8) is 0 Å². The van der Waals surface area contributed by atoms with Gasteiger partial charge >= 0.3 is 0 Å². The van der Waals surface area contributed by atoms with Gasteiger partial charge < -0.3 is 4.74 Å². The van der Waals surface area contributed by atoms with Crippen LogP contribution < -0.4 is 4.74 Å². The normalized spacial score (nSPS) is 15.2. The number of nitro benzene ring substituents is 1. The Hall–Kier alpha value is -1.95. The lowest BCUT2D eigenvalue weighted by Crippen LogP contribution is -2.25. The van der Waals surface area contributed by atoms with Gasteiger partial charge in [0.2, 0.25) is 0 Å². The van der Waals surface area contributed by atoms with Gasteiger partial charge in [0.15, 0.2) is 5.78 Å². The van der Waals surface area contributed by atoms with E-state index < -0.39 is 4.92 Å². The molecule has 1 aromatic carbocycles. The number of Topliss-reactive ketones (excluding diaryl/α,β-unsaturated/α-hetero) is 1. The van der Waals surface area contributed by atoms with Gasteiger partial charge in [-0.15, -0.1) is 0 Å². The Labute approximate surface area is 117 Å². The molecule has 1 aliphatic heterocycles. The summed E-state index contributed by atoms with van der Waals surface area (Å²) in [7, 11) is 0. The SMILES string of the molecule is CC(=O)c1cc([N+](=O)[O-])ccc1OCCN1CCCC1. The lowest BCUT2D eigenvalue weighted by Gasteiger charge is -2.15. The fraction of sp³-hybridized carbons (Fsp3) is 0.500. The van der Waals surface area contributed by atoms with Crippen LogP contribution in [0.1, 0.15) is 30.1 Å². The fourth-order valence-corrected chi connectivity index (χ4v) is 2.32. The number of rotatable bonds is 6. The maximum Gasteiger partial charge on any atom is 0.270 e. The second-order valence-corrected chi connectivity index (χ2v) is 4.89. The van der Waals surface area contributed by atoms with Crippen LogP contribution in [0.2, 0.25) is 0 Å². The van der Waals surface area contributed by atoms with E-state index in [0.29, 0.717) is 12.4 Å². The molecule has 0 amide bonds. The first-order valence-electron chi connectivity index (χ1n) is 6.72. The first kappa shape index (κ1) is 14.5. The van der Waals surface area contributed by atoms with Gasteiger partial charge in [-0.25, -0.2) is 0 Å². The molecule has 2 rings (SSSR count). The van der Waals surface area contributed by atoms with E-state index in [4.69, 9.17) is 4.74 Å². The number of hydrogen-bond donors (Lipinski definition) is 0. The zero-order valence-electron chi connectivity index (χ0n) is 11.5. The summed E-state index contributed by atoms with van der Waals surface area (Å²) in [4.78, 5) is 24.1. The van der Waals surface area contributed by atoms with Crippen molar-refractivity contribution in [3.8, 4) is 5.75 Å². The molecule has 0 N–H and O–H groups in total. The van der Waals surface area contributed by atoms with Crippen molar-refractivity contribution in [2.24, 2.45) is 0 Å². The lowest BCUT2D eigenvalue weighted by atomic mass is 10.1. The molecule has 0 unspecified atom stereocenters. The van der Waals surface area contributed by atoms with Gasteiger partial charge in [-0.1, -0.05) is 0 Å². The average Bonchev–Trinajstić information content (AvgIpc) is 2.91. The van der Waals surface area contributed by atoms with E-state index in [9.17, 15) is 14.9 Å². The van der Waals surface area contributed by atoms with Crippen molar-refractivity contribution in [1.82, 2.24) is 4.90 Å². The number of likely N-dealkylation sites (tertiary alicyclic amines) is 1. The minimum Gasteiger partial charge on any atom is -0.491 e. The molecule has 0 atom stereocenters. The topological polar surface area (TPSA) is 72.7 Å². The van der Waals surface area contributed by atoms with Crippen molar-refractivity contribution in [2.75, 3.05) is 26.2 Å². The Bertz CT molecular complexity index is 510. The van der Waals surface area contributed by atoms with Gasteiger partial charge in [0, 0.05) is 18.7 Å². The number of nitro groups is 1. The van der Waals surface area contributed by atoms with Crippen LogP contribution >= 0.6 is 0 Å². The molecule has 0 saturated carbocycles. The quantitative estimate of drug-likeness (QED) is 0.453. The number of benzene rings is 1. The van der Waals surface area contributed by atoms with Crippen LogP contribution in [0.3, 0.4) is 0 Å². The highest BCUT2D eigenvalue weighted by Crippen LogP contribution is 2.24. The van der Waals surface area contributed by atoms with E-state index in [1.807, 2.05) is 0 Å². The second kappa shape index (κ2) is 6.47. The second-order valence-electron chi connectivity index (χ2n) is 4.89. The van der Waals surface area contributed by atoms with Gasteiger partial charge in [0.1, 0.15) is 12.4 Å². The molecular weight excluding hydrogens is 260 g/mol. The highest BCUT2D eigenvalue weighted by Gasteiger charge is 2.16. The smallest absolute Gasteiger partial charge is 0.270 e. The zero-order valence-corrected chi connectivity index (χ0v) is 11.5. The van der Waals surface area contributed by atoms with Crippen molar-refractivity contribution >= 4 is 11.5 Å². The standard InChI is InChI=1S/C14H18N2O4/c1-11(17)13-10-12(16(18)19)4-5-14(13)20-9-8-15-6-2-3-7-15/h4-5,10H,2-3,6-9H2,1H3. The van der Waals surface area contributed by atoms with Crippen LogP contribution in [0, 0.1) is 10.1 Å². The Morgan fingerprint density at radius 3 is 2.70 bits per heavy atom. The highest BCUT2D eigenvalue weighted by molar-refractivity contribution is 5.97. The third kappa shape index (κ3) is 3.54. The van der Waals surface area contributed by atoms with Gasteiger partial charge in [-0.3, -0.25) is 19.8 Å². The van der Waals surface area contributed by atoms with Crippen LogP contribution in [-0.2, 0) is 0 Å². The summed E-state index contributed by atoms with van der Waals surface area (Å²) in [6.07, 6.45) is 2.44. The molecule has 1 fully saturated rings. The highest BCUT2D eigenvalue weighted by atomic mass is 16.6. The van der Waals surface area contributed by atoms with Gasteiger partial charge in [0.05, 0.1) is 10.5 Å². The van der Waals surface area contributed by atoms with Crippen molar-refractivity contribution in [3.05, 3.63) is 33.9 Å². The number of ether oxygens (including phenoxy) is 1. The monoisotopic (exact) mass is 278 g/mol. The first-order chi connectivity index (χ1) is 9.58. The van der Waals surface area contributed by atoms with Crippen molar-refractivity contribution < 1.29 is 14.5 Å². The fourth-order valence-electron chi connectivity index (χ4n) is 2.32. The molecule has 0 aliphatic carbocycles. The molecule has 108 valence electrons. The molecule has 0 aromatic heterocycles. The molecular formula is C14H18N2O4. The summed E-state index contributed by atoms with van der Waals surface area (Å²) in [6, 6.07) is 4.13. The predicted octanol–water partition coefficient (Wildman–Crippen LogP) is 2.27. The molecule has 1 saturated heterocycles. The number of carbonyl (C=O) groups excluding carboxylic acids is 1. The summed E-state index contributed by atoms with van der Waals surface area (Å²) in [5, 5.41) is 10.7. The molecule has 6 nitrogen and oxygen atoms in total. The molecule has 0 bridgehead atoms. The van der Waals surface area contributed by atoms with Crippen molar-refractivity contribution in [2.45, 2.75) is 19.8 Å². The number of ketones is 1. The number of carbonyl (C=O) groups is 1. The van der Waals surface area contributed by atoms with E-state index in [0.717, 1.165) is 19.6 Å². The van der Waals surface area contributed by atoms with E-state index in [2.05, 4.69) is 4.90 Å². The molecule has 1 aromatic rings. The van der Waals surface area contributed by atoms with Gasteiger partial charge in [-0.2, -0.15) is 0 Å². The number of hydrogen-bond acceptors (Lipinski definition) is 5. The summed E-state index contributed by atoms with van der Waals surface area (Å²) < 4.78 is 5.61. The Morgan fingerprint density at radius 1 is 1.40 bits per heavy atom. The van der Waals surface area contributed by atoms with Crippen LogP contribution in [0.5, 0.6) is 5.75 Å². The van der Waals surface area contributed by atoms with E-state index in [1.165, 1.54) is 38.0 Å². The van der Waals surface area contributed by atoms with Crippen LogP contribution in [0.4, 0.5) is 5.69 Å². The Kier molecular flexibility index (Phi) is 4.68. The summed E-state index contributed by atoms with van der Waals surface area (Å²) in [5.41, 5.74) is 0.169. The van der Waals surface area contributed by atoms with E-state index >= 15 is 0 Å². The summed E-state index contributed by atoms with van der Waals surface area (Å²) in [5.74, 6) is 0.187. The number of non-ortho nitro benzene ring substituents is 1. The van der Waals surface area contributed by atoms with Gasteiger partial charge in [0.25, 0.3) is 5.69 Å². The third-order valence-corrected chi connectivity index (χ3v) is 3.42. The summed E-state index contributed by atoms with van der Waals surface area (Å²) in [6.45, 7) is 4.85. The van der Waals surface area contributed by atoms with Crippen LogP contribution in [-0.4, -0.2) is 41.8 Å². The first-order valence-corrected chi connectivity index (χ1v) is 6.72. The lowest BCUT2D eigenvalue weighted by molar-refractivity contribution is -0.384. The number of nitrogens with zero attached hydrogens (tertiary/aromatic N) is 2. The Morgan fingerprint density at radius 2 is 2.10 bits per heavy atom. The molecule has 1 heterocycles. The molecule has 0 spiro atoms. The van der Waals surface area contributed by atoms with Crippen molar-refractivity contribution in [1.29, 1.82) is 0 Å². The maximum absolute atomic E-state index is 11.5. The minimum atomic E-state index is -0.513. The van der Waals surface area contributed by atoms with Crippen LogP contribution in [0.25, 0.3) is 0 Å². The molecule has 0 radical (unpaired) electrons. The Balaban J connectivity index is 2.02. The largest absolute Gasteiger partial charge is 0.491 e. The predicted molar refractivity (Wildman–Crippen MR) is 74.3 cm³/mol.